The van der Waals surface area contributed by atoms with E-state index in [-0.39, 0.29) is 18.6 Å². The highest BCUT2D eigenvalue weighted by molar-refractivity contribution is 5.79. The number of benzene rings is 1. The van der Waals surface area contributed by atoms with Gasteiger partial charge in [-0.2, -0.15) is 0 Å². The zero-order chi connectivity index (χ0) is 21.2. The maximum Gasteiger partial charge on any atom is 0.231 e. The molecule has 4 aliphatic heterocycles. The van der Waals surface area contributed by atoms with Crippen LogP contribution in [-0.2, 0) is 24.3 Å². The van der Waals surface area contributed by atoms with Crippen molar-refractivity contribution in [3.05, 3.63) is 35.7 Å². The molecule has 8 nitrogen and oxygen atoms in total. The lowest BCUT2D eigenvalue weighted by molar-refractivity contribution is -0.133. The van der Waals surface area contributed by atoms with Crippen LogP contribution in [0.2, 0.25) is 0 Å². The standard InChI is InChI=1S/C23H31N5O3/c1-2-3-4-18-12-28(26-25-18)13-19-10-17-7-8-27(19)14-20(17)23(29)24-11-16-5-6-21-22(9-16)31-15-30-21/h5-6,9,12,17,19-20H,2-4,7-8,10-11,13-15H2,1H3,(H,24,29). The van der Waals surface area contributed by atoms with Gasteiger partial charge in [-0.1, -0.05) is 24.6 Å². The zero-order valence-electron chi connectivity index (χ0n) is 18.1. The first-order valence-corrected chi connectivity index (χ1v) is 11.5. The average Bonchev–Trinajstić information content (AvgIpc) is 3.45. The van der Waals surface area contributed by atoms with Crippen LogP contribution in [0.5, 0.6) is 11.5 Å². The molecule has 6 rings (SSSR count). The molecule has 4 unspecified atom stereocenters. The molecule has 166 valence electrons. The van der Waals surface area contributed by atoms with Crippen LogP contribution < -0.4 is 14.8 Å². The van der Waals surface area contributed by atoms with Gasteiger partial charge in [-0.05, 0) is 55.8 Å². The van der Waals surface area contributed by atoms with E-state index in [4.69, 9.17) is 9.47 Å². The van der Waals surface area contributed by atoms with Crippen LogP contribution in [-0.4, -0.2) is 51.7 Å². The fourth-order valence-corrected chi connectivity index (χ4v) is 5.11. The number of aromatic nitrogens is 3. The van der Waals surface area contributed by atoms with Gasteiger partial charge < -0.3 is 14.8 Å². The van der Waals surface area contributed by atoms with Gasteiger partial charge >= 0.3 is 0 Å². The number of nitrogens with one attached hydrogen (secondary N) is 1. The molecule has 4 atom stereocenters. The van der Waals surface area contributed by atoms with Gasteiger partial charge in [0, 0.05) is 25.3 Å². The molecule has 0 spiro atoms. The van der Waals surface area contributed by atoms with Crippen molar-refractivity contribution in [2.24, 2.45) is 11.8 Å². The highest BCUT2D eigenvalue weighted by Crippen LogP contribution is 2.37. The minimum absolute atomic E-state index is 0.0647. The van der Waals surface area contributed by atoms with Gasteiger partial charge in [0.05, 0.1) is 18.2 Å². The first-order valence-electron chi connectivity index (χ1n) is 11.5. The molecular weight excluding hydrogens is 394 g/mol. The molecule has 1 amide bonds. The molecule has 1 aromatic carbocycles. The smallest absolute Gasteiger partial charge is 0.231 e. The Kier molecular flexibility index (Phi) is 5.80. The number of unbranched alkanes of at least 4 members (excludes halogenated alkanes) is 1. The summed E-state index contributed by atoms with van der Waals surface area (Å²) in [6.07, 6.45) is 7.56. The zero-order valence-corrected chi connectivity index (χ0v) is 18.1. The maximum absolute atomic E-state index is 12.9. The van der Waals surface area contributed by atoms with E-state index in [0.29, 0.717) is 18.5 Å². The van der Waals surface area contributed by atoms with Crippen LogP contribution in [0.15, 0.2) is 24.4 Å². The molecule has 1 N–H and O–H groups in total. The Hall–Kier alpha value is -2.61. The minimum Gasteiger partial charge on any atom is -0.454 e. The number of aryl methyl sites for hydroxylation is 1. The Bertz CT molecular complexity index is 930. The van der Waals surface area contributed by atoms with E-state index in [2.05, 4.69) is 33.6 Å². The Morgan fingerprint density at radius 3 is 3.03 bits per heavy atom. The molecule has 3 fully saturated rings. The van der Waals surface area contributed by atoms with Gasteiger partial charge in [-0.3, -0.25) is 14.4 Å². The third-order valence-corrected chi connectivity index (χ3v) is 6.89. The molecule has 0 aliphatic carbocycles. The van der Waals surface area contributed by atoms with Gasteiger partial charge in [-0.15, -0.1) is 5.10 Å². The normalized spacial score (nSPS) is 26.2. The van der Waals surface area contributed by atoms with Crippen molar-refractivity contribution in [1.29, 1.82) is 0 Å². The fourth-order valence-electron chi connectivity index (χ4n) is 5.11. The van der Waals surface area contributed by atoms with Crippen molar-refractivity contribution in [3.63, 3.8) is 0 Å². The number of carbonyl (C=O) groups is 1. The summed E-state index contributed by atoms with van der Waals surface area (Å²) in [6, 6.07) is 6.27. The quantitative estimate of drug-likeness (QED) is 0.699. The molecular formula is C23H31N5O3. The maximum atomic E-state index is 12.9. The number of ether oxygens (including phenoxy) is 2. The van der Waals surface area contributed by atoms with Crippen LogP contribution in [0.3, 0.4) is 0 Å². The third kappa shape index (κ3) is 4.39. The van der Waals surface area contributed by atoms with E-state index in [9.17, 15) is 4.79 Å². The highest BCUT2D eigenvalue weighted by atomic mass is 16.7. The third-order valence-electron chi connectivity index (χ3n) is 6.89. The highest BCUT2D eigenvalue weighted by Gasteiger charge is 2.43. The van der Waals surface area contributed by atoms with Crippen molar-refractivity contribution in [2.75, 3.05) is 19.9 Å². The average molecular weight is 426 g/mol. The van der Waals surface area contributed by atoms with Crippen molar-refractivity contribution >= 4 is 5.91 Å². The second kappa shape index (κ2) is 8.86. The molecule has 4 aliphatic rings. The number of amides is 1. The molecule has 0 saturated carbocycles. The Balaban J connectivity index is 1.14. The lowest BCUT2D eigenvalue weighted by Crippen LogP contribution is -2.58. The molecule has 0 radical (unpaired) electrons. The molecule has 31 heavy (non-hydrogen) atoms. The summed E-state index contributed by atoms with van der Waals surface area (Å²) in [5.41, 5.74) is 2.11. The van der Waals surface area contributed by atoms with Crippen LogP contribution in [0.1, 0.15) is 43.9 Å². The lowest BCUT2D eigenvalue weighted by Gasteiger charge is -2.49. The SMILES string of the molecule is CCCCc1cn(CC2CC3CCN2CC3C(=O)NCc2ccc3c(c2)OCO3)nn1. The number of hydrogen-bond donors (Lipinski definition) is 1. The first-order chi connectivity index (χ1) is 15.2. The summed E-state index contributed by atoms with van der Waals surface area (Å²) < 4.78 is 12.8. The van der Waals surface area contributed by atoms with E-state index in [1.54, 1.807) is 0 Å². The molecule has 1 aromatic heterocycles. The van der Waals surface area contributed by atoms with Crippen LogP contribution >= 0.6 is 0 Å². The number of piperidine rings is 3. The Labute approximate surface area is 182 Å². The second-order valence-corrected chi connectivity index (χ2v) is 8.98. The summed E-state index contributed by atoms with van der Waals surface area (Å²) in [5.74, 6) is 2.19. The van der Waals surface area contributed by atoms with Crippen molar-refractivity contribution in [2.45, 2.75) is 58.2 Å². The number of nitrogens with zero attached hydrogens (tertiary/aromatic N) is 4. The molecule has 8 heteroatoms. The number of rotatable bonds is 8. The summed E-state index contributed by atoms with van der Waals surface area (Å²) >= 11 is 0. The van der Waals surface area contributed by atoms with E-state index < -0.39 is 0 Å². The molecule has 5 heterocycles. The number of hydrogen-bond acceptors (Lipinski definition) is 6. The lowest BCUT2D eigenvalue weighted by atomic mass is 9.75. The monoisotopic (exact) mass is 425 g/mol. The summed E-state index contributed by atoms with van der Waals surface area (Å²) in [6.45, 7) is 5.74. The topological polar surface area (TPSA) is 81.5 Å². The van der Waals surface area contributed by atoms with E-state index in [1.165, 1.54) is 6.42 Å². The predicted molar refractivity (Wildman–Crippen MR) is 115 cm³/mol. The Morgan fingerprint density at radius 2 is 2.19 bits per heavy atom. The largest absolute Gasteiger partial charge is 0.454 e. The summed E-state index contributed by atoms with van der Waals surface area (Å²) in [7, 11) is 0. The summed E-state index contributed by atoms with van der Waals surface area (Å²) in [4.78, 5) is 15.4. The van der Waals surface area contributed by atoms with Crippen LogP contribution in [0, 0.1) is 11.8 Å². The van der Waals surface area contributed by atoms with Crippen molar-refractivity contribution in [3.8, 4) is 11.5 Å². The van der Waals surface area contributed by atoms with E-state index >= 15 is 0 Å². The van der Waals surface area contributed by atoms with E-state index in [0.717, 1.165) is 68.1 Å². The predicted octanol–water partition coefficient (Wildman–Crippen LogP) is 2.38. The van der Waals surface area contributed by atoms with Gasteiger partial charge in [0.1, 0.15) is 0 Å². The van der Waals surface area contributed by atoms with Crippen molar-refractivity contribution < 1.29 is 14.3 Å². The van der Waals surface area contributed by atoms with Crippen LogP contribution in [0.25, 0.3) is 0 Å². The summed E-state index contributed by atoms with van der Waals surface area (Å²) in [5, 5.41) is 11.8. The fraction of sp³-hybridized carbons (Fsp3) is 0.609. The molecule has 2 aromatic rings. The van der Waals surface area contributed by atoms with Gasteiger partial charge in [0.15, 0.2) is 11.5 Å². The van der Waals surface area contributed by atoms with E-state index in [1.807, 2.05) is 22.9 Å². The van der Waals surface area contributed by atoms with Crippen LogP contribution in [0.4, 0.5) is 0 Å². The number of fused-ring (bicyclic) bond motifs is 4. The van der Waals surface area contributed by atoms with Crippen molar-refractivity contribution in [1.82, 2.24) is 25.2 Å². The Morgan fingerprint density at radius 1 is 1.29 bits per heavy atom. The number of carbonyl (C=O) groups excluding carboxylic acids is 1. The minimum atomic E-state index is 0.0647. The first kappa shape index (κ1) is 20.3. The molecule has 3 saturated heterocycles. The van der Waals surface area contributed by atoms with Gasteiger partial charge in [0.25, 0.3) is 0 Å². The van der Waals surface area contributed by atoms with Gasteiger partial charge in [-0.25, -0.2) is 0 Å². The second-order valence-electron chi connectivity index (χ2n) is 8.98. The van der Waals surface area contributed by atoms with Gasteiger partial charge in [0.2, 0.25) is 12.7 Å². The molecule has 2 bridgehead atoms.